The Kier molecular flexibility index (Phi) is 6.93. The molecule has 1 atom stereocenters. The second kappa shape index (κ2) is 8.36. The zero-order chi connectivity index (χ0) is 11.6. The standard InChI is InChI=1S/C13H23NO2/c1-3-7-14-13(6-9-15-4-2)10-12-5-8-16-11-12/h5,8,11,13-14H,3-4,6-7,9-10H2,1-2H3. The Morgan fingerprint density at radius 1 is 1.44 bits per heavy atom. The molecule has 0 saturated heterocycles. The summed E-state index contributed by atoms with van der Waals surface area (Å²) in [6.07, 6.45) is 6.79. The smallest absolute Gasteiger partial charge is 0.0935 e. The molecule has 1 heterocycles. The Balaban J connectivity index is 2.31. The summed E-state index contributed by atoms with van der Waals surface area (Å²) in [5.74, 6) is 0. The highest BCUT2D eigenvalue weighted by molar-refractivity contribution is 5.07. The first kappa shape index (κ1) is 13.3. The quantitative estimate of drug-likeness (QED) is 0.656. The molecule has 0 spiro atoms. The summed E-state index contributed by atoms with van der Waals surface area (Å²) >= 11 is 0. The van der Waals surface area contributed by atoms with Gasteiger partial charge in [0.2, 0.25) is 0 Å². The minimum absolute atomic E-state index is 0.490. The van der Waals surface area contributed by atoms with Gasteiger partial charge in [-0.3, -0.25) is 0 Å². The number of hydrogen-bond donors (Lipinski definition) is 1. The number of hydrogen-bond acceptors (Lipinski definition) is 3. The van der Waals surface area contributed by atoms with Crippen LogP contribution in [0.2, 0.25) is 0 Å². The minimum Gasteiger partial charge on any atom is -0.472 e. The number of nitrogens with one attached hydrogen (secondary N) is 1. The summed E-state index contributed by atoms with van der Waals surface area (Å²) in [5.41, 5.74) is 1.25. The summed E-state index contributed by atoms with van der Waals surface area (Å²) in [4.78, 5) is 0. The Morgan fingerprint density at radius 3 is 2.94 bits per heavy atom. The molecule has 1 aromatic heterocycles. The summed E-state index contributed by atoms with van der Waals surface area (Å²) in [6, 6.07) is 2.52. The predicted molar refractivity (Wildman–Crippen MR) is 65.6 cm³/mol. The maximum absolute atomic E-state index is 5.40. The van der Waals surface area contributed by atoms with E-state index in [1.54, 1.807) is 6.26 Å². The van der Waals surface area contributed by atoms with E-state index in [9.17, 15) is 0 Å². The third-order valence-electron chi connectivity index (χ3n) is 2.56. The lowest BCUT2D eigenvalue weighted by Gasteiger charge is -2.17. The summed E-state index contributed by atoms with van der Waals surface area (Å²) in [7, 11) is 0. The van der Waals surface area contributed by atoms with Crippen molar-refractivity contribution >= 4 is 0 Å². The van der Waals surface area contributed by atoms with Crippen LogP contribution < -0.4 is 5.32 Å². The number of rotatable bonds is 9. The molecule has 1 N–H and O–H groups in total. The summed E-state index contributed by atoms with van der Waals surface area (Å²) < 4.78 is 10.5. The van der Waals surface area contributed by atoms with Crippen LogP contribution >= 0.6 is 0 Å². The van der Waals surface area contributed by atoms with Crippen LogP contribution in [0, 0.1) is 0 Å². The molecule has 1 aromatic rings. The first-order valence-corrected chi connectivity index (χ1v) is 6.19. The van der Waals surface area contributed by atoms with E-state index in [4.69, 9.17) is 9.15 Å². The lowest BCUT2D eigenvalue weighted by Crippen LogP contribution is -2.32. The van der Waals surface area contributed by atoms with Gasteiger partial charge in [-0.1, -0.05) is 6.92 Å². The van der Waals surface area contributed by atoms with Gasteiger partial charge in [0.15, 0.2) is 0 Å². The lowest BCUT2D eigenvalue weighted by atomic mass is 10.1. The van der Waals surface area contributed by atoms with Gasteiger partial charge < -0.3 is 14.5 Å². The second-order valence-corrected chi connectivity index (χ2v) is 3.97. The zero-order valence-electron chi connectivity index (χ0n) is 10.4. The highest BCUT2D eigenvalue weighted by Crippen LogP contribution is 2.07. The van der Waals surface area contributed by atoms with E-state index in [2.05, 4.69) is 12.2 Å². The fourth-order valence-electron chi connectivity index (χ4n) is 1.69. The van der Waals surface area contributed by atoms with E-state index in [1.165, 1.54) is 5.56 Å². The zero-order valence-corrected chi connectivity index (χ0v) is 10.4. The van der Waals surface area contributed by atoms with Crippen molar-refractivity contribution in [3.8, 4) is 0 Å². The Bertz CT molecular complexity index is 246. The predicted octanol–water partition coefficient (Wildman–Crippen LogP) is 2.62. The van der Waals surface area contributed by atoms with Crippen molar-refractivity contribution in [2.45, 2.75) is 39.2 Å². The van der Waals surface area contributed by atoms with Crippen molar-refractivity contribution in [3.63, 3.8) is 0 Å². The fourth-order valence-corrected chi connectivity index (χ4v) is 1.69. The Morgan fingerprint density at radius 2 is 2.31 bits per heavy atom. The van der Waals surface area contributed by atoms with E-state index in [-0.39, 0.29) is 0 Å². The number of furan rings is 1. The van der Waals surface area contributed by atoms with Crippen LogP contribution in [0.4, 0.5) is 0 Å². The van der Waals surface area contributed by atoms with Crippen LogP contribution in [0.15, 0.2) is 23.0 Å². The minimum atomic E-state index is 0.490. The molecule has 1 unspecified atom stereocenters. The second-order valence-electron chi connectivity index (χ2n) is 3.97. The van der Waals surface area contributed by atoms with Gasteiger partial charge in [0.25, 0.3) is 0 Å². The molecular formula is C13H23NO2. The van der Waals surface area contributed by atoms with E-state index < -0.39 is 0 Å². The van der Waals surface area contributed by atoms with Crippen molar-refractivity contribution in [2.24, 2.45) is 0 Å². The summed E-state index contributed by atoms with van der Waals surface area (Å²) in [5, 5.41) is 3.54. The maximum Gasteiger partial charge on any atom is 0.0935 e. The molecule has 3 heteroatoms. The van der Waals surface area contributed by atoms with Gasteiger partial charge in [-0.05, 0) is 44.4 Å². The molecule has 0 amide bonds. The molecular weight excluding hydrogens is 202 g/mol. The van der Waals surface area contributed by atoms with Crippen LogP contribution in [0.25, 0.3) is 0 Å². The van der Waals surface area contributed by atoms with Gasteiger partial charge in [0.05, 0.1) is 12.5 Å². The van der Waals surface area contributed by atoms with Gasteiger partial charge in [-0.15, -0.1) is 0 Å². The average Bonchev–Trinajstić information content (AvgIpc) is 2.78. The van der Waals surface area contributed by atoms with Crippen LogP contribution in [-0.2, 0) is 11.2 Å². The normalized spacial score (nSPS) is 12.9. The molecule has 0 radical (unpaired) electrons. The van der Waals surface area contributed by atoms with Crippen LogP contribution in [0.5, 0.6) is 0 Å². The topological polar surface area (TPSA) is 34.4 Å². The third kappa shape index (κ3) is 5.33. The van der Waals surface area contributed by atoms with E-state index in [0.29, 0.717) is 6.04 Å². The number of ether oxygens (including phenoxy) is 1. The van der Waals surface area contributed by atoms with Gasteiger partial charge >= 0.3 is 0 Å². The van der Waals surface area contributed by atoms with Gasteiger partial charge in [0.1, 0.15) is 0 Å². The monoisotopic (exact) mass is 225 g/mol. The van der Waals surface area contributed by atoms with Crippen molar-refractivity contribution in [1.82, 2.24) is 5.32 Å². The molecule has 16 heavy (non-hydrogen) atoms. The molecule has 0 bridgehead atoms. The van der Waals surface area contributed by atoms with Gasteiger partial charge in [-0.2, -0.15) is 0 Å². The first-order valence-electron chi connectivity index (χ1n) is 6.19. The van der Waals surface area contributed by atoms with Crippen molar-refractivity contribution in [2.75, 3.05) is 19.8 Å². The van der Waals surface area contributed by atoms with Crippen molar-refractivity contribution in [3.05, 3.63) is 24.2 Å². The SMILES string of the molecule is CCCNC(CCOCC)Cc1ccoc1. The molecule has 1 rings (SSSR count). The highest BCUT2D eigenvalue weighted by Gasteiger charge is 2.09. The molecule has 0 fully saturated rings. The van der Waals surface area contributed by atoms with Crippen molar-refractivity contribution < 1.29 is 9.15 Å². The molecule has 0 aliphatic rings. The molecule has 92 valence electrons. The largest absolute Gasteiger partial charge is 0.472 e. The van der Waals surface area contributed by atoms with E-state index in [1.807, 2.05) is 19.3 Å². The molecule has 0 aliphatic heterocycles. The molecule has 0 aromatic carbocycles. The molecule has 3 nitrogen and oxygen atoms in total. The van der Waals surface area contributed by atoms with Crippen LogP contribution in [0.3, 0.4) is 0 Å². The molecule has 0 aliphatic carbocycles. The van der Waals surface area contributed by atoms with Crippen molar-refractivity contribution in [1.29, 1.82) is 0 Å². The maximum atomic E-state index is 5.40. The van der Waals surface area contributed by atoms with Crippen LogP contribution in [0.1, 0.15) is 32.3 Å². The molecule has 0 saturated carbocycles. The highest BCUT2D eigenvalue weighted by atomic mass is 16.5. The average molecular weight is 225 g/mol. The van der Waals surface area contributed by atoms with Gasteiger partial charge in [-0.25, -0.2) is 0 Å². The fraction of sp³-hybridized carbons (Fsp3) is 0.692. The third-order valence-corrected chi connectivity index (χ3v) is 2.56. The first-order chi connectivity index (χ1) is 7.86. The van der Waals surface area contributed by atoms with E-state index >= 15 is 0 Å². The lowest BCUT2D eigenvalue weighted by molar-refractivity contribution is 0.136. The van der Waals surface area contributed by atoms with E-state index in [0.717, 1.165) is 39.0 Å². The summed E-state index contributed by atoms with van der Waals surface area (Å²) in [6.45, 7) is 6.91. The van der Waals surface area contributed by atoms with Gasteiger partial charge in [0, 0.05) is 19.3 Å². The Hall–Kier alpha value is -0.800. The van der Waals surface area contributed by atoms with Crippen LogP contribution in [-0.4, -0.2) is 25.8 Å². The Labute approximate surface area is 98.2 Å².